The Labute approximate surface area is 119 Å². The fraction of sp³-hybridized carbons (Fsp3) is 0.286. The highest BCUT2D eigenvalue weighted by Crippen LogP contribution is 2.19. The Morgan fingerprint density at radius 3 is 2.81 bits per heavy atom. The first kappa shape index (κ1) is 14.7. The molecule has 2 aromatic rings. The molecular formula is C14H14N2O5. The van der Waals surface area contributed by atoms with Crippen molar-refractivity contribution in [3.63, 3.8) is 0 Å². The molecule has 110 valence electrons. The molecule has 1 amide bonds. The molecule has 0 fully saturated rings. The van der Waals surface area contributed by atoms with Gasteiger partial charge in [0, 0.05) is 18.7 Å². The second kappa shape index (κ2) is 6.17. The fourth-order valence-corrected chi connectivity index (χ4v) is 1.87. The summed E-state index contributed by atoms with van der Waals surface area (Å²) in [6.07, 6.45) is 1.74. The predicted octanol–water partition coefficient (Wildman–Crippen LogP) is 2.23. The Balaban J connectivity index is 2.40. The molecule has 0 aliphatic rings. The molecule has 2 rings (SSSR count). The molecule has 0 aliphatic heterocycles. The van der Waals surface area contributed by atoms with Crippen molar-refractivity contribution in [1.82, 2.24) is 5.32 Å². The van der Waals surface area contributed by atoms with Crippen molar-refractivity contribution in [3.8, 4) is 0 Å². The van der Waals surface area contributed by atoms with Gasteiger partial charge < -0.3 is 9.73 Å². The summed E-state index contributed by atoms with van der Waals surface area (Å²) in [5.41, 5.74) is -0.839. The molecule has 0 atom stereocenters. The number of hydrogen-bond acceptors (Lipinski definition) is 5. The second-order valence-electron chi connectivity index (χ2n) is 4.54. The number of unbranched alkanes of at least 4 members (excludes halogenated alkanes) is 1. The van der Waals surface area contributed by atoms with E-state index in [1.165, 1.54) is 24.3 Å². The number of carbonyl (C=O) groups excluding carboxylic acids is 1. The Morgan fingerprint density at radius 1 is 1.38 bits per heavy atom. The van der Waals surface area contributed by atoms with Crippen LogP contribution in [-0.2, 0) is 0 Å². The van der Waals surface area contributed by atoms with E-state index in [2.05, 4.69) is 5.32 Å². The van der Waals surface area contributed by atoms with Gasteiger partial charge in [0.15, 0.2) is 5.76 Å². The normalized spacial score (nSPS) is 10.5. The third-order valence-electron chi connectivity index (χ3n) is 2.99. The zero-order valence-electron chi connectivity index (χ0n) is 11.4. The highest BCUT2D eigenvalue weighted by atomic mass is 16.6. The molecular weight excluding hydrogens is 276 g/mol. The summed E-state index contributed by atoms with van der Waals surface area (Å²) in [6, 6.07) is 5.12. The van der Waals surface area contributed by atoms with Gasteiger partial charge in [0.25, 0.3) is 11.6 Å². The topological polar surface area (TPSA) is 102 Å². The van der Waals surface area contributed by atoms with Gasteiger partial charge in [-0.2, -0.15) is 0 Å². The maximum Gasteiger partial charge on any atom is 0.344 e. The number of nitrogens with zero attached hydrogens (tertiary/aromatic N) is 1. The number of non-ortho nitro benzene ring substituents is 1. The molecule has 1 aromatic heterocycles. The summed E-state index contributed by atoms with van der Waals surface area (Å²) in [6.45, 7) is 2.47. The van der Waals surface area contributed by atoms with Crippen LogP contribution in [0.25, 0.3) is 10.8 Å². The lowest BCUT2D eigenvalue weighted by Gasteiger charge is -2.04. The van der Waals surface area contributed by atoms with Crippen molar-refractivity contribution >= 4 is 22.4 Å². The van der Waals surface area contributed by atoms with Crippen LogP contribution in [0.3, 0.4) is 0 Å². The Hall–Kier alpha value is -2.70. The summed E-state index contributed by atoms with van der Waals surface area (Å²) in [7, 11) is 0. The number of rotatable bonds is 5. The summed E-state index contributed by atoms with van der Waals surface area (Å²) >= 11 is 0. The molecule has 21 heavy (non-hydrogen) atoms. The summed E-state index contributed by atoms with van der Waals surface area (Å²) < 4.78 is 4.95. The van der Waals surface area contributed by atoms with Gasteiger partial charge in [-0.25, -0.2) is 4.79 Å². The lowest BCUT2D eigenvalue weighted by Crippen LogP contribution is -2.25. The van der Waals surface area contributed by atoms with Crippen molar-refractivity contribution in [3.05, 3.63) is 50.6 Å². The molecule has 0 unspecified atom stereocenters. The quantitative estimate of drug-likeness (QED) is 0.516. The summed E-state index contributed by atoms with van der Waals surface area (Å²) in [5.74, 6) is -0.655. The van der Waals surface area contributed by atoms with Gasteiger partial charge >= 0.3 is 5.63 Å². The van der Waals surface area contributed by atoms with Crippen molar-refractivity contribution < 1.29 is 14.1 Å². The van der Waals surface area contributed by atoms with Crippen molar-refractivity contribution in [2.75, 3.05) is 6.54 Å². The highest BCUT2D eigenvalue weighted by Gasteiger charge is 2.14. The summed E-state index contributed by atoms with van der Waals surface area (Å²) in [5, 5.41) is 13.9. The predicted molar refractivity (Wildman–Crippen MR) is 76.4 cm³/mol. The van der Waals surface area contributed by atoms with Crippen LogP contribution in [0.1, 0.15) is 30.3 Å². The molecule has 0 bridgehead atoms. The van der Waals surface area contributed by atoms with Crippen LogP contribution >= 0.6 is 0 Å². The second-order valence-corrected chi connectivity index (χ2v) is 4.54. The van der Waals surface area contributed by atoms with E-state index in [1.807, 2.05) is 6.92 Å². The Kier molecular flexibility index (Phi) is 4.32. The number of fused-ring (bicyclic) bond motifs is 1. The zero-order valence-corrected chi connectivity index (χ0v) is 11.4. The average Bonchev–Trinajstić information content (AvgIpc) is 2.46. The first-order valence-corrected chi connectivity index (χ1v) is 6.53. The van der Waals surface area contributed by atoms with Crippen molar-refractivity contribution in [1.29, 1.82) is 0 Å². The van der Waals surface area contributed by atoms with Gasteiger partial charge in [-0.05, 0) is 23.9 Å². The smallest absolute Gasteiger partial charge is 0.344 e. The van der Waals surface area contributed by atoms with Crippen molar-refractivity contribution in [2.45, 2.75) is 19.8 Å². The highest BCUT2D eigenvalue weighted by molar-refractivity contribution is 5.95. The van der Waals surface area contributed by atoms with E-state index < -0.39 is 16.5 Å². The molecule has 0 saturated carbocycles. The van der Waals surface area contributed by atoms with E-state index in [-0.39, 0.29) is 16.8 Å². The number of amides is 1. The first-order chi connectivity index (χ1) is 10.0. The van der Waals surface area contributed by atoms with E-state index in [9.17, 15) is 19.7 Å². The standard InChI is InChI=1S/C14H14N2O5/c1-2-3-6-15-13(17)12-8-9-7-10(16(19)20)4-5-11(9)14(18)21-12/h4-5,7-8H,2-3,6H2,1H3,(H,15,17). The lowest BCUT2D eigenvalue weighted by atomic mass is 10.1. The Morgan fingerprint density at radius 2 is 2.14 bits per heavy atom. The van der Waals surface area contributed by atoms with Crippen LogP contribution in [0.5, 0.6) is 0 Å². The van der Waals surface area contributed by atoms with Crippen LogP contribution in [0.4, 0.5) is 5.69 Å². The SMILES string of the molecule is CCCCNC(=O)c1cc2cc([N+](=O)[O-])ccc2c(=O)o1. The van der Waals surface area contributed by atoms with E-state index in [4.69, 9.17) is 4.42 Å². The van der Waals surface area contributed by atoms with E-state index in [0.717, 1.165) is 12.8 Å². The maximum absolute atomic E-state index is 11.9. The van der Waals surface area contributed by atoms with E-state index in [1.54, 1.807) is 0 Å². The van der Waals surface area contributed by atoms with Gasteiger partial charge in [-0.1, -0.05) is 13.3 Å². The minimum atomic E-state index is -0.692. The van der Waals surface area contributed by atoms with Crippen LogP contribution in [0.15, 0.2) is 33.5 Å². The van der Waals surface area contributed by atoms with Crippen LogP contribution in [-0.4, -0.2) is 17.4 Å². The average molecular weight is 290 g/mol. The number of nitrogens with one attached hydrogen (secondary N) is 1. The monoisotopic (exact) mass is 290 g/mol. The number of nitro groups is 1. The summed E-state index contributed by atoms with van der Waals surface area (Å²) in [4.78, 5) is 33.8. The maximum atomic E-state index is 11.9. The molecule has 7 nitrogen and oxygen atoms in total. The molecule has 0 radical (unpaired) electrons. The van der Waals surface area contributed by atoms with E-state index >= 15 is 0 Å². The number of hydrogen-bond donors (Lipinski definition) is 1. The molecule has 0 aliphatic carbocycles. The third kappa shape index (κ3) is 3.25. The van der Waals surface area contributed by atoms with Crippen molar-refractivity contribution in [2.24, 2.45) is 0 Å². The minimum Gasteiger partial charge on any atom is -0.417 e. The van der Waals surface area contributed by atoms with Gasteiger partial charge in [0.05, 0.1) is 10.3 Å². The number of benzene rings is 1. The van der Waals surface area contributed by atoms with Crippen LogP contribution < -0.4 is 10.9 Å². The molecule has 0 saturated heterocycles. The molecule has 0 spiro atoms. The Bertz CT molecular complexity index is 751. The lowest BCUT2D eigenvalue weighted by molar-refractivity contribution is -0.384. The zero-order chi connectivity index (χ0) is 15.4. The molecule has 1 heterocycles. The van der Waals surface area contributed by atoms with Gasteiger partial charge in [0.1, 0.15) is 0 Å². The minimum absolute atomic E-state index is 0.148. The largest absolute Gasteiger partial charge is 0.417 e. The van der Waals surface area contributed by atoms with E-state index in [0.29, 0.717) is 11.9 Å². The van der Waals surface area contributed by atoms with Crippen LogP contribution in [0.2, 0.25) is 0 Å². The van der Waals surface area contributed by atoms with Gasteiger partial charge in [0.2, 0.25) is 0 Å². The van der Waals surface area contributed by atoms with Gasteiger partial charge in [-0.15, -0.1) is 0 Å². The number of carbonyl (C=O) groups is 1. The van der Waals surface area contributed by atoms with Crippen LogP contribution in [0, 0.1) is 10.1 Å². The number of nitro benzene ring substituents is 1. The molecule has 7 heteroatoms. The van der Waals surface area contributed by atoms with Gasteiger partial charge in [-0.3, -0.25) is 14.9 Å². The molecule has 1 N–H and O–H groups in total. The third-order valence-corrected chi connectivity index (χ3v) is 2.99. The molecule has 1 aromatic carbocycles. The first-order valence-electron chi connectivity index (χ1n) is 6.53. The fourth-order valence-electron chi connectivity index (χ4n) is 1.87.